The zero-order valence-electron chi connectivity index (χ0n) is 2.72. The molecule has 0 aliphatic carbocycles. The summed E-state index contributed by atoms with van der Waals surface area (Å²) in [5.74, 6) is 0. The maximum atomic E-state index is 2.48. The molecular formula is H2Ge2I4. The second kappa shape index (κ2) is 11.8. The third kappa shape index (κ3) is 24.5. The molecule has 0 aromatic carbocycles. The predicted molar refractivity (Wildman–Crippen MR) is 70.4 cm³/mol. The zero-order valence-corrected chi connectivity index (χ0v) is 16.4. The third-order valence-electron chi connectivity index (χ3n) is 0. The van der Waals surface area contributed by atoms with Gasteiger partial charge in [0.1, 0.15) is 0 Å². The van der Waals surface area contributed by atoms with Crippen molar-refractivity contribution in [3.8, 4) is 0 Å². The van der Waals surface area contributed by atoms with Gasteiger partial charge in [0.05, 0.1) is 0 Å². The second-order valence-electron chi connectivity index (χ2n) is 0.214. The summed E-state index contributed by atoms with van der Waals surface area (Å²) < 4.78 is -0.423. The SMILES string of the molecule is [GeH2][I].[I][Ge]([I])[I]. The van der Waals surface area contributed by atoms with E-state index >= 15 is 0 Å². The molecule has 0 atom stereocenters. The van der Waals surface area contributed by atoms with Gasteiger partial charge in [-0.2, -0.15) is 0 Å². The molecule has 0 fully saturated rings. The Hall–Kier alpha value is 4.01. The van der Waals surface area contributed by atoms with E-state index in [9.17, 15) is 0 Å². The molecule has 0 aliphatic rings. The summed E-state index contributed by atoms with van der Waals surface area (Å²) in [6.45, 7) is 0. The van der Waals surface area contributed by atoms with Crippen LogP contribution in [0.3, 0.4) is 0 Å². The molecule has 0 nitrogen and oxygen atoms in total. The molecule has 38 valence electrons. The molecule has 6 heavy (non-hydrogen) atoms. The van der Waals surface area contributed by atoms with Crippen LogP contribution in [-0.4, -0.2) is 17.6 Å². The van der Waals surface area contributed by atoms with Gasteiger partial charge in [-0.1, -0.05) is 0 Å². The van der Waals surface area contributed by atoms with Gasteiger partial charge in [-0.15, -0.1) is 0 Å². The van der Waals surface area contributed by atoms with Crippen LogP contribution in [0.2, 0.25) is 0 Å². The Morgan fingerprint density at radius 1 is 1.00 bits per heavy atom. The van der Waals surface area contributed by atoms with Crippen molar-refractivity contribution in [3.05, 3.63) is 0 Å². The Morgan fingerprint density at radius 3 is 1.00 bits per heavy atom. The fourth-order valence-corrected chi connectivity index (χ4v) is 0. The molecule has 0 rings (SSSR count). The Bertz CT molecular complexity index is 10.3. The molecule has 0 heterocycles. The fourth-order valence-electron chi connectivity index (χ4n) is 0. The summed E-state index contributed by atoms with van der Waals surface area (Å²) in [6, 6.07) is 0. The van der Waals surface area contributed by atoms with Crippen molar-refractivity contribution in [2.45, 2.75) is 0 Å². The van der Waals surface area contributed by atoms with Crippen LogP contribution in [0.15, 0.2) is 0 Å². The number of rotatable bonds is 0. The minimum absolute atomic E-state index is 0.423. The van der Waals surface area contributed by atoms with E-state index in [2.05, 4.69) is 80.9 Å². The van der Waals surface area contributed by atoms with Crippen LogP contribution in [0.1, 0.15) is 0 Å². The van der Waals surface area contributed by atoms with Crippen molar-refractivity contribution < 1.29 is 0 Å². The minimum atomic E-state index is -0.423. The molecule has 0 N–H and O–H groups in total. The zero-order chi connectivity index (χ0) is 5.58. The van der Waals surface area contributed by atoms with Gasteiger partial charge in [-0.05, 0) is 0 Å². The summed E-state index contributed by atoms with van der Waals surface area (Å²) in [5, 5.41) is 0. The van der Waals surface area contributed by atoms with E-state index < -0.39 is 4.42 Å². The third-order valence-corrected chi connectivity index (χ3v) is 0. The van der Waals surface area contributed by atoms with Gasteiger partial charge >= 0.3 is 98.5 Å². The van der Waals surface area contributed by atoms with Gasteiger partial charge in [0.2, 0.25) is 0 Å². The second-order valence-corrected chi connectivity index (χ2v) is 50.1. The number of halogens is 4. The molecule has 0 aliphatic heterocycles. The summed E-state index contributed by atoms with van der Waals surface area (Å²) in [4.78, 5) is 0. The molecule has 0 bridgehead atoms. The van der Waals surface area contributed by atoms with E-state index in [1.165, 1.54) is 13.2 Å². The first-order valence-electron chi connectivity index (χ1n) is 0.834. The van der Waals surface area contributed by atoms with E-state index in [4.69, 9.17) is 0 Å². The van der Waals surface area contributed by atoms with E-state index in [-0.39, 0.29) is 0 Å². The van der Waals surface area contributed by atoms with E-state index in [1.54, 1.807) is 0 Å². The predicted octanol–water partition coefficient (Wildman–Crippen LogP) is 2.25. The molecule has 2 radical (unpaired) electrons. The molecule has 0 amide bonds. The van der Waals surface area contributed by atoms with Crippen LogP contribution in [-0.2, 0) is 0 Å². The molecule has 6 heteroatoms. The van der Waals surface area contributed by atoms with Crippen LogP contribution in [0.5, 0.6) is 0 Å². The molecule has 0 unspecified atom stereocenters. The van der Waals surface area contributed by atoms with Gasteiger partial charge in [-0.25, -0.2) is 0 Å². The van der Waals surface area contributed by atoms with Crippen LogP contribution in [0.25, 0.3) is 0 Å². The van der Waals surface area contributed by atoms with Crippen molar-refractivity contribution in [2.24, 2.45) is 0 Å². The van der Waals surface area contributed by atoms with Crippen LogP contribution in [0, 0.1) is 0 Å². The van der Waals surface area contributed by atoms with Crippen LogP contribution in [0.4, 0.5) is 0 Å². The van der Waals surface area contributed by atoms with Crippen molar-refractivity contribution >= 4 is 98.5 Å². The normalized spacial score (nSPS) is 7.00. The van der Waals surface area contributed by atoms with Crippen molar-refractivity contribution in [1.29, 1.82) is 0 Å². The summed E-state index contributed by atoms with van der Waals surface area (Å²) in [6.07, 6.45) is 0. The average Bonchev–Trinajstić information content (AvgIpc) is 1.41. The summed E-state index contributed by atoms with van der Waals surface area (Å²) in [7, 11) is 0. The van der Waals surface area contributed by atoms with E-state index in [1.807, 2.05) is 0 Å². The summed E-state index contributed by atoms with van der Waals surface area (Å²) >= 11 is 11.1. The molecular weight excluding hydrogens is 653 g/mol. The van der Waals surface area contributed by atoms with E-state index in [0.29, 0.717) is 0 Å². The standard InChI is InChI=1S/GeI3.GeH2I/c2-1(3)4;1-2/h;1H2. The molecule has 0 spiro atoms. The molecule has 0 aromatic rings. The topological polar surface area (TPSA) is 0 Å². The van der Waals surface area contributed by atoms with Gasteiger partial charge in [0.25, 0.3) is 0 Å². The fraction of sp³-hybridized carbons (Fsp3) is 0. The van der Waals surface area contributed by atoms with Gasteiger partial charge in [-0.3, -0.25) is 0 Å². The summed E-state index contributed by atoms with van der Waals surface area (Å²) in [5.41, 5.74) is 0. The first kappa shape index (κ1) is 12.7. The van der Waals surface area contributed by atoms with Crippen LogP contribution >= 0.6 is 80.9 Å². The first-order valence-corrected chi connectivity index (χ1v) is 29.1. The van der Waals surface area contributed by atoms with Crippen molar-refractivity contribution in [2.75, 3.05) is 0 Å². The monoisotopic (exact) mass is 657 g/mol. The van der Waals surface area contributed by atoms with Gasteiger partial charge in [0.15, 0.2) is 0 Å². The molecule has 0 saturated heterocycles. The Balaban J connectivity index is 0. The van der Waals surface area contributed by atoms with Crippen molar-refractivity contribution in [1.82, 2.24) is 0 Å². The maximum absolute atomic E-state index is 2.48. The number of hydrogen-bond donors (Lipinski definition) is 0. The Labute approximate surface area is 95.5 Å². The van der Waals surface area contributed by atoms with Crippen molar-refractivity contribution in [3.63, 3.8) is 0 Å². The van der Waals surface area contributed by atoms with Gasteiger partial charge in [0, 0.05) is 0 Å². The number of hydrogen-bond acceptors (Lipinski definition) is 0. The van der Waals surface area contributed by atoms with Gasteiger partial charge < -0.3 is 0 Å². The quantitative estimate of drug-likeness (QED) is 0.278. The van der Waals surface area contributed by atoms with E-state index in [0.717, 1.165) is 0 Å². The average molecular weight is 655 g/mol. The first-order chi connectivity index (χ1) is 2.73. The Morgan fingerprint density at radius 2 is 1.00 bits per heavy atom. The van der Waals surface area contributed by atoms with Crippen LogP contribution < -0.4 is 0 Å². The molecule has 0 saturated carbocycles. The molecule has 0 aromatic heterocycles. The Kier molecular flexibility index (Phi) is 24.8.